The summed E-state index contributed by atoms with van der Waals surface area (Å²) in [7, 11) is 0. The lowest BCUT2D eigenvalue weighted by molar-refractivity contribution is 0.0342. The van der Waals surface area contributed by atoms with Gasteiger partial charge < -0.3 is 15.5 Å². The van der Waals surface area contributed by atoms with Crippen LogP contribution in [-0.2, 0) is 11.3 Å². The van der Waals surface area contributed by atoms with Crippen LogP contribution in [0.2, 0.25) is 0 Å². The maximum atomic E-state index is 14.4. The maximum Gasteiger partial charge on any atom is 0.324 e. The van der Waals surface area contributed by atoms with Crippen LogP contribution in [0, 0.1) is 11.6 Å². The lowest BCUT2D eigenvalue weighted by atomic mass is 10.2. The van der Waals surface area contributed by atoms with Gasteiger partial charge in [0.25, 0.3) is 0 Å². The quantitative estimate of drug-likeness (QED) is 0.429. The van der Waals surface area contributed by atoms with Gasteiger partial charge in [0.1, 0.15) is 23.0 Å². The summed E-state index contributed by atoms with van der Waals surface area (Å²) in [6, 6.07) is 8.13. The van der Waals surface area contributed by atoms with Crippen LogP contribution < -0.4 is 10.6 Å². The van der Waals surface area contributed by atoms with Gasteiger partial charge in [0.15, 0.2) is 5.82 Å². The molecule has 4 N–H and O–H groups in total. The van der Waals surface area contributed by atoms with E-state index < -0.39 is 23.4 Å². The van der Waals surface area contributed by atoms with Crippen LogP contribution in [0.1, 0.15) is 5.56 Å². The number of rotatable bonds is 5. The standard InChI is InChI=1S/C22H21F2N7O2/c23-14-2-1-3-15(24)20(14)31(22(25)32)18-11-26-29-19(18)21-27-16-5-4-13(10-17(16)28-21)12-30-6-8-33-9-7-30/h1-5,10-11H,6-9,12H2,(H2,25,32)(H,26,29)(H,27,28). The predicted molar refractivity (Wildman–Crippen MR) is 118 cm³/mol. The average Bonchev–Trinajstić information content (AvgIpc) is 3.43. The Morgan fingerprint density at radius 2 is 1.94 bits per heavy atom. The summed E-state index contributed by atoms with van der Waals surface area (Å²) >= 11 is 0. The molecule has 2 aromatic carbocycles. The number of fused-ring (bicyclic) bond motifs is 1. The molecular formula is C22H21F2N7O2. The van der Waals surface area contributed by atoms with Crippen LogP contribution in [0.4, 0.5) is 25.0 Å². The van der Waals surface area contributed by atoms with Crippen LogP contribution in [-0.4, -0.2) is 57.4 Å². The van der Waals surface area contributed by atoms with Crippen LogP contribution >= 0.6 is 0 Å². The van der Waals surface area contributed by atoms with Gasteiger partial charge in [-0.15, -0.1) is 0 Å². The van der Waals surface area contributed by atoms with Crippen molar-refractivity contribution in [3.05, 3.63) is 59.8 Å². The third-order valence-corrected chi connectivity index (χ3v) is 5.53. The number of aromatic amines is 2. The van der Waals surface area contributed by atoms with E-state index in [1.54, 1.807) is 0 Å². The summed E-state index contributed by atoms with van der Waals surface area (Å²) in [5.41, 5.74) is 7.82. The second-order valence-electron chi connectivity index (χ2n) is 7.70. The molecule has 1 aliphatic heterocycles. The number of hydrogen-bond acceptors (Lipinski definition) is 5. The van der Waals surface area contributed by atoms with Crippen LogP contribution in [0.25, 0.3) is 22.6 Å². The molecule has 5 rings (SSSR count). The molecule has 1 saturated heterocycles. The number of ether oxygens (including phenoxy) is 1. The number of morpholine rings is 1. The molecule has 1 fully saturated rings. The number of H-pyrrole nitrogens is 2. The Hall–Kier alpha value is -3.83. The molecule has 170 valence electrons. The number of imidazole rings is 1. The summed E-state index contributed by atoms with van der Waals surface area (Å²) in [5, 5.41) is 6.70. The van der Waals surface area contributed by atoms with Crippen LogP contribution in [0.3, 0.4) is 0 Å². The van der Waals surface area contributed by atoms with Crippen molar-refractivity contribution in [1.82, 2.24) is 25.1 Å². The molecule has 1 aliphatic rings. The first kappa shape index (κ1) is 21.0. The number of urea groups is 1. The van der Waals surface area contributed by atoms with Crippen molar-refractivity contribution < 1.29 is 18.3 Å². The first-order chi connectivity index (χ1) is 16.0. The number of hydrogen-bond donors (Lipinski definition) is 3. The van der Waals surface area contributed by atoms with E-state index in [1.807, 2.05) is 18.2 Å². The second kappa shape index (κ2) is 8.60. The summed E-state index contributed by atoms with van der Waals surface area (Å²) in [6.07, 6.45) is 1.27. The number of amides is 2. The highest BCUT2D eigenvalue weighted by molar-refractivity contribution is 6.01. The van der Waals surface area contributed by atoms with Crippen molar-refractivity contribution in [2.45, 2.75) is 6.54 Å². The Bertz CT molecular complexity index is 1290. The van der Waals surface area contributed by atoms with E-state index in [0.717, 1.165) is 61.0 Å². The zero-order valence-electron chi connectivity index (χ0n) is 17.5. The number of carbonyl (C=O) groups excluding carboxylic acids is 1. The Kier molecular flexibility index (Phi) is 5.48. The summed E-state index contributed by atoms with van der Waals surface area (Å²) in [5.74, 6) is -1.51. The number of nitrogens with two attached hydrogens (primary N) is 1. The number of benzene rings is 2. The number of para-hydroxylation sites is 1. The minimum Gasteiger partial charge on any atom is -0.379 e. The molecule has 2 amide bonds. The SMILES string of the molecule is NC(=O)N(c1cn[nH]c1-c1nc2ccc(CN3CCOCC3)cc2[nH]1)c1c(F)cccc1F. The Labute approximate surface area is 187 Å². The second-order valence-corrected chi connectivity index (χ2v) is 7.70. The molecule has 3 heterocycles. The molecule has 0 saturated carbocycles. The van der Waals surface area contributed by atoms with Crippen molar-refractivity contribution in [3.8, 4) is 11.5 Å². The first-order valence-corrected chi connectivity index (χ1v) is 10.4. The Morgan fingerprint density at radius 3 is 2.67 bits per heavy atom. The molecule has 0 aliphatic carbocycles. The van der Waals surface area contributed by atoms with E-state index in [2.05, 4.69) is 25.1 Å². The van der Waals surface area contributed by atoms with E-state index in [4.69, 9.17) is 10.5 Å². The normalized spacial score (nSPS) is 14.6. The van der Waals surface area contributed by atoms with Crippen molar-refractivity contribution >= 4 is 28.4 Å². The maximum absolute atomic E-state index is 14.4. The largest absolute Gasteiger partial charge is 0.379 e. The van der Waals surface area contributed by atoms with Gasteiger partial charge in [0.05, 0.1) is 36.1 Å². The van der Waals surface area contributed by atoms with Gasteiger partial charge in [-0.25, -0.2) is 18.6 Å². The van der Waals surface area contributed by atoms with Crippen molar-refractivity contribution in [2.24, 2.45) is 5.73 Å². The molecule has 0 unspecified atom stereocenters. The highest BCUT2D eigenvalue weighted by Gasteiger charge is 2.27. The highest BCUT2D eigenvalue weighted by atomic mass is 19.1. The number of nitrogens with zero attached hydrogens (tertiary/aromatic N) is 4. The zero-order valence-corrected chi connectivity index (χ0v) is 17.5. The van der Waals surface area contributed by atoms with Gasteiger partial charge in [0.2, 0.25) is 0 Å². The summed E-state index contributed by atoms with van der Waals surface area (Å²) < 4.78 is 34.3. The summed E-state index contributed by atoms with van der Waals surface area (Å²) in [4.78, 5) is 23.0. The van der Waals surface area contributed by atoms with E-state index >= 15 is 0 Å². The van der Waals surface area contributed by atoms with Gasteiger partial charge in [0, 0.05) is 19.6 Å². The van der Waals surface area contributed by atoms with E-state index in [9.17, 15) is 13.6 Å². The molecule has 11 heteroatoms. The smallest absolute Gasteiger partial charge is 0.324 e. The number of nitrogens with one attached hydrogen (secondary N) is 2. The van der Waals surface area contributed by atoms with Crippen LogP contribution in [0.5, 0.6) is 0 Å². The molecule has 33 heavy (non-hydrogen) atoms. The van der Waals surface area contributed by atoms with Crippen molar-refractivity contribution in [2.75, 3.05) is 31.2 Å². The van der Waals surface area contributed by atoms with Gasteiger partial charge >= 0.3 is 6.03 Å². The average molecular weight is 453 g/mol. The minimum atomic E-state index is -1.06. The van der Waals surface area contributed by atoms with Gasteiger partial charge in [-0.05, 0) is 29.8 Å². The topological polar surface area (TPSA) is 116 Å². The fourth-order valence-corrected chi connectivity index (χ4v) is 3.97. The minimum absolute atomic E-state index is 0.0686. The van der Waals surface area contributed by atoms with Crippen molar-refractivity contribution in [1.29, 1.82) is 0 Å². The van der Waals surface area contributed by atoms with Crippen LogP contribution in [0.15, 0.2) is 42.6 Å². The number of carbonyl (C=O) groups is 1. The molecular weight excluding hydrogens is 432 g/mol. The van der Waals surface area contributed by atoms with E-state index in [1.165, 1.54) is 12.3 Å². The predicted octanol–water partition coefficient (Wildman–Crippen LogP) is 3.28. The van der Waals surface area contributed by atoms with Gasteiger partial charge in [-0.1, -0.05) is 12.1 Å². The number of aromatic nitrogens is 4. The fraction of sp³-hybridized carbons (Fsp3) is 0.227. The zero-order chi connectivity index (χ0) is 22.9. The van der Waals surface area contributed by atoms with E-state index in [0.29, 0.717) is 11.3 Å². The molecule has 0 atom stereocenters. The summed E-state index contributed by atoms with van der Waals surface area (Å²) in [6.45, 7) is 3.97. The lowest BCUT2D eigenvalue weighted by Gasteiger charge is -2.26. The van der Waals surface area contributed by atoms with Gasteiger partial charge in [-0.2, -0.15) is 5.10 Å². The third-order valence-electron chi connectivity index (χ3n) is 5.53. The first-order valence-electron chi connectivity index (χ1n) is 10.4. The monoisotopic (exact) mass is 453 g/mol. The molecule has 0 radical (unpaired) electrons. The number of anilines is 2. The number of primary amides is 1. The fourth-order valence-electron chi connectivity index (χ4n) is 3.97. The van der Waals surface area contributed by atoms with Crippen molar-refractivity contribution in [3.63, 3.8) is 0 Å². The third kappa shape index (κ3) is 4.03. The Balaban J connectivity index is 1.51. The van der Waals surface area contributed by atoms with Gasteiger partial charge in [-0.3, -0.25) is 14.9 Å². The molecule has 0 bridgehead atoms. The molecule has 0 spiro atoms. The number of halogens is 2. The highest BCUT2D eigenvalue weighted by Crippen LogP contribution is 2.35. The van der Waals surface area contributed by atoms with E-state index in [-0.39, 0.29) is 11.4 Å². The molecule has 4 aromatic rings. The molecule has 9 nitrogen and oxygen atoms in total. The Morgan fingerprint density at radius 1 is 1.18 bits per heavy atom. The molecule has 2 aromatic heterocycles. The lowest BCUT2D eigenvalue weighted by Crippen LogP contribution is -2.35.